The van der Waals surface area contributed by atoms with Crippen LogP contribution in [0.15, 0.2) is 47.5 Å². The first-order valence-electron chi connectivity index (χ1n) is 21.2. The molecule has 340 valence electrons. The summed E-state index contributed by atoms with van der Waals surface area (Å²) < 4.78 is 24.5. The third-order valence-electron chi connectivity index (χ3n) is 11.0. The summed E-state index contributed by atoms with van der Waals surface area (Å²) in [6, 6.07) is 10.6. The third-order valence-corrected chi connectivity index (χ3v) is 12.4. The lowest BCUT2D eigenvalue weighted by molar-refractivity contribution is -0.129. The van der Waals surface area contributed by atoms with Gasteiger partial charge in [0.25, 0.3) is 17.7 Å². The van der Waals surface area contributed by atoms with Gasteiger partial charge >= 0.3 is 0 Å². The maximum absolute atomic E-state index is 13.2. The first kappa shape index (κ1) is 46.4. The van der Waals surface area contributed by atoms with Crippen LogP contribution in [0.5, 0.6) is 5.75 Å². The molecular weight excluding hydrogens is 868 g/mol. The summed E-state index contributed by atoms with van der Waals surface area (Å²) in [4.78, 5) is 70.8. The number of carbonyl (C=O) groups is 5. The van der Waals surface area contributed by atoms with Crippen molar-refractivity contribution in [1.29, 1.82) is 0 Å². The van der Waals surface area contributed by atoms with E-state index < -0.39 is 36.0 Å². The Morgan fingerprint density at radius 3 is 2.23 bits per heavy atom. The lowest BCUT2D eigenvalue weighted by Gasteiger charge is -2.33. The van der Waals surface area contributed by atoms with E-state index in [9.17, 15) is 29.1 Å². The molecule has 5 amide bonds. The van der Waals surface area contributed by atoms with Crippen molar-refractivity contribution in [2.24, 2.45) is 4.99 Å². The minimum Gasteiger partial charge on any atom is -0.483 e. The van der Waals surface area contributed by atoms with Crippen molar-refractivity contribution in [3.63, 3.8) is 0 Å². The average molecular weight is 919 g/mol. The molecule has 0 radical (unpaired) electrons. The van der Waals surface area contributed by atoms with Crippen molar-refractivity contribution in [2.75, 3.05) is 59.3 Å². The number of carbonyl (C=O) groups excluding carboxylic acids is 5. The number of rotatable bonds is 21. The number of aromatic nitrogens is 3. The number of ether oxygens (including phenoxy) is 4. The van der Waals surface area contributed by atoms with Crippen molar-refractivity contribution >= 4 is 58.2 Å². The number of piperidine rings is 1. The van der Waals surface area contributed by atoms with Crippen molar-refractivity contribution in [1.82, 2.24) is 35.6 Å². The molecular formula is C44H51ClN8O10S. The SMILES string of the molecule is Cc1sc2c(c1C)C(c1ccc(Cl)cc1)=N[C@@H](CC(=O)NCCCOCCOCCOCCCNC(=O)COc1cccc3c1C(=O)N(C1CCC(=O)NC1O)C3=O)c1nnc(C)n1-2. The second-order valence-corrected chi connectivity index (χ2v) is 17.1. The first-order valence-corrected chi connectivity index (χ1v) is 22.4. The number of fused-ring (bicyclic) bond motifs is 4. The summed E-state index contributed by atoms with van der Waals surface area (Å²) in [5, 5.41) is 28.8. The first-order chi connectivity index (χ1) is 30.9. The Labute approximate surface area is 378 Å². The number of aliphatic hydroxyl groups excluding tert-OH is 1. The zero-order valence-electron chi connectivity index (χ0n) is 35.8. The Kier molecular flexibility index (Phi) is 15.5. The predicted molar refractivity (Wildman–Crippen MR) is 235 cm³/mol. The highest BCUT2D eigenvalue weighted by Crippen LogP contribution is 2.40. The number of aliphatic imine (C=N–C) groups is 1. The number of imide groups is 1. The molecule has 5 heterocycles. The number of aryl methyl sites for hydroxylation is 2. The number of nitrogens with one attached hydrogen (secondary N) is 3. The van der Waals surface area contributed by atoms with Gasteiger partial charge in [0.2, 0.25) is 11.8 Å². The monoisotopic (exact) mass is 918 g/mol. The van der Waals surface area contributed by atoms with E-state index in [1.165, 1.54) is 17.0 Å². The van der Waals surface area contributed by atoms with Gasteiger partial charge in [-0.3, -0.25) is 38.4 Å². The maximum atomic E-state index is 13.2. The van der Waals surface area contributed by atoms with E-state index in [1.807, 2.05) is 35.8 Å². The van der Waals surface area contributed by atoms with Crippen molar-refractivity contribution < 1.29 is 48.0 Å². The van der Waals surface area contributed by atoms with Gasteiger partial charge in [-0.2, -0.15) is 0 Å². The highest BCUT2D eigenvalue weighted by atomic mass is 35.5. The third kappa shape index (κ3) is 10.7. The number of nitrogens with zero attached hydrogens (tertiary/aromatic N) is 5. The molecule has 2 unspecified atom stereocenters. The van der Waals surface area contributed by atoms with Crippen molar-refractivity contribution in [3.8, 4) is 10.8 Å². The van der Waals surface area contributed by atoms with E-state index in [4.69, 9.17) is 35.5 Å². The van der Waals surface area contributed by atoms with E-state index in [-0.39, 0.29) is 54.6 Å². The van der Waals surface area contributed by atoms with Gasteiger partial charge in [-0.15, -0.1) is 21.5 Å². The smallest absolute Gasteiger partial charge is 0.265 e. The highest BCUT2D eigenvalue weighted by Gasteiger charge is 2.46. The fourth-order valence-corrected chi connectivity index (χ4v) is 8.99. The minimum absolute atomic E-state index is 0.0152. The molecule has 4 N–H and O–H groups in total. The molecule has 3 aliphatic heterocycles. The van der Waals surface area contributed by atoms with Gasteiger partial charge in [-0.05, 0) is 69.9 Å². The topological polar surface area (TPSA) is 225 Å². The largest absolute Gasteiger partial charge is 0.483 e. The number of hydrogen-bond donors (Lipinski definition) is 4. The normalized spacial score (nSPS) is 17.9. The molecule has 3 aliphatic rings. The van der Waals surface area contributed by atoms with Gasteiger partial charge in [0, 0.05) is 53.8 Å². The quantitative estimate of drug-likeness (QED) is 0.0696. The van der Waals surface area contributed by atoms with Gasteiger partial charge in [0.05, 0.1) is 55.7 Å². The van der Waals surface area contributed by atoms with Crippen LogP contribution in [0, 0.1) is 20.8 Å². The summed E-state index contributed by atoms with van der Waals surface area (Å²) >= 11 is 7.88. The van der Waals surface area contributed by atoms with Crippen LogP contribution in [0.1, 0.15) is 92.1 Å². The van der Waals surface area contributed by atoms with Gasteiger partial charge < -0.3 is 40.0 Å². The number of amides is 5. The number of thiophene rings is 1. The Hall–Kier alpha value is -5.57. The lowest BCUT2D eigenvalue weighted by Crippen LogP contribution is -2.57. The van der Waals surface area contributed by atoms with Crippen LogP contribution < -0.4 is 20.7 Å². The fraction of sp³-hybridized carbons (Fsp3) is 0.455. The summed E-state index contributed by atoms with van der Waals surface area (Å²) in [6.45, 7) is 8.83. The molecule has 1 saturated heterocycles. The van der Waals surface area contributed by atoms with Crippen molar-refractivity contribution in [3.05, 3.63) is 91.8 Å². The average Bonchev–Trinajstić information content (AvgIpc) is 3.85. The van der Waals surface area contributed by atoms with Gasteiger partial charge in [-0.25, -0.2) is 0 Å². The van der Waals surface area contributed by atoms with E-state index in [0.717, 1.165) is 38.1 Å². The van der Waals surface area contributed by atoms with Crippen molar-refractivity contribution in [2.45, 2.75) is 71.2 Å². The lowest BCUT2D eigenvalue weighted by atomic mass is 9.99. The molecule has 0 bridgehead atoms. The molecule has 20 heteroatoms. The number of halogens is 1. The summed E-state index contributed by atoms with van der Waals surface area (Å²) in [5.41, 5.74) is 3.96. The van der Waals surface area contributed by atoms with E-state index in [2.05, 4.69) is 40.0 Å². The zero-order valence-corrected chi connectivity index (χ0v) is 37.4. The molecule has 4 aromatic rings. The van der Waals surface area contributed by atoms with Crippen LogP contribution in [0.25, 0.3) is 5.00 Å². The van der Waals surface area contributed by atoms with Crippen LogP contribution in [0.3, 0.4) is 0 Å². The van der Waals surface area contributed by atoms with Gasteiger partial charge in [0.15, 0.2) is 12.4 Å². The molecule has 7 rings (SSSR count). The van der Waals surface area contributed by atoms with E-state index in [1.54, 1.807) is 17.4 Å². The minimum atomic E-state index is -1.37. The molecule has 64 heavy (non-hydrogen) atoms. The fourth-order valence-electron chi connectivity index (χ4n) is 7.65. The van der Waals surface area contributed by atoms with Crippen LogP contribution in [-0.2, 0) is 28.6 Å². The zero-order chi connectivity index (χ0) is 45.3. The Bertz CT molecular complexity index is 2400. The highest BCUT2D eigenvalue weighted by molar-refractivity contribution is 7.15. The Balaban J connectivity index is 0.730. The van der Waals surface area contributed by atoms with Crippen LogP contribution in [0.4, 0.5) is 0 Å². The molecule has 3 atom stereocenters. The van der Waals surface area contributed by atoms with Crippen LogP contribution in [-0.4, -0.2) is 132 Å². The second kappa shape index (κ2) is 21.4. The molecule has 0 spiro atoms. The molecule has 1 fully saturated rings. The summed E-state index contributed by atoms with van der Waals surface area (Å²) in [7, 11) is 0. The van der Waals surface area contributed by atoms with Gasteiger partial charge in [0.1, 0.15) is 28.8 Å². The van der Waals surface area contributed by atoms with Gasteiger partial charge in [-0.1, -0.05) is 29.8 Å². The maximum Gasteiger partial charge on any atom is 0.265 e. The number of benzene rings is 2. The molecule has 18 nitrogen and oxygen atoms in total. The van der Waals surface area contributed by atoms with Crippen LogP contribution >= 0.6 is 22.9 Å². The molecule has 2 aromatic carbocycles. The standard InChI is InChI=1S/C44H51ClN8O10S/c1-25-26(2)64-44-37(25)39(28-9-11-29(45)12-10-28)48-31(40-51-50-27(3)52(40)44)23-35(55)46-15-5-17-60-19-21-62-22-20-61-18-6-16-47-36(56)24-63-33-8-4-7-30-38(33)43(59)53(42(30)58)32-13-14-34(54)49-41(32)57/h4,7-12,31-32,41,57H,5-6,13-24H2,1-3H3,(H,46,55)(H,47,56)(H,49,54)/t31-,32?,41?/m0/s1. The second-order valence-electron chi connectivity index (χ2n) is 15.4. The molecule has 2 aromatic heterocycles. The van der Waals surface area contributed by atoms with E-state index in [0.29, 0.717) is 76.4 Å². The predicted octanol–water partition coefficient (Wildman–Crippen LogP) is 3.52. The van der Waals surface area contributed by atoms with E-state index >= 15 is 0 Å². The number of hydrogen-bond acceptors (Lipinski definition) is 14. The van der Waals surface area contributed by atoms with Crippen LogP contribution in [0.2, 0.25) is 5.02 Å². The number of aliphatic hydroxyl groups is 1. The Morgan fingerprint density at radius 1 is 0.875 bits per heavy atom. The summed E-state index contributed by atoms with van der Waals surface area (Å²) in [5.74, 6) is -0.749. The molecule has 0 aliphatic carbocycles. The Morgan fingerprint density at radius 2 is 1.55 bits per heavy atom. The summed E-state index contributed by atoms with van der Waals surface area (Å²) in [6.07, 6.45) is 0.0943. The molecule has 0 saturated carbocycles.